The number of morpholine rings is 1. The van der Waals surface area contributed by atoms with E-state index in [4.69, 9.17) is 9.47 Å². The molecule has 1 aromatic carbocycles. The zero-order valence-electron chi connectivity index (χ0n) is 8.32. The predicted octanol–water partition coefficient (Wildman–Crippen LogP) is 1.33. The summed E-state index contributed by atoms with van der Waals surface area (Å²) in [6.07, 6.45) is 0. The molecule has 1 aliphatic heterocycles. The maximum absolute atomic E-state index is 5.29. The highest BCUT2D eigenvalue weighted by Gasteiger charge is 2.11. The quantitative estimate of drug-likeness (QED) is 0.705. The zero-order valence-corrected chi connectivity index (χ0v) is 8.32. The van der Waals surface area contributed by atoms with Gasteiger partial charge in [-0.15, -0.1) is 0 Å². The summed E-state index contributed by atoms with van der Waals surface area (Å²) >= 11 is 0. The van der Waals surface area contributed by atoms with Gasteiger partial charge in [-0.25, -0.2) is 0 Å². The standard InChI is InChI=1S/C11H14NO2/c1-13-11-4-2-3-10(9-11)12-5-7-14-8-6-12/h2,4,9H,5-8H2,1H3. The van der Waals surface area contributed by atoms with Gasteiger partial charge >= 0.3 is 0 Å². The molecule has 0 bridgehead atoms. The lowest BCUT2D eigenvalue weighted by atomic mass is 10.2. The molecule has 0 N–H and O–H groups in total. The van der Waals surface area contributed by atoms with Crippen molar-refractivity contribution in [1.82, 2.24) is 0 Å². The van der Waals surface area contributed by atoms with Crippen molar-refractivity contribution in [2.75, 3.05) is 38.3 Å². The van der Waals surface area contributed by atoms with Crippen molar-refractivity contribution in [2.24, 2.45) is 0 Å². The summed E-state index contributed by atoms with van der Waals surface area (Å²) in [5.74, 6) is 0.880. The van der Waals surface area contributed by atoms with Crippen molar-refractivity contribution in [3.05, 3.63) is 24.3 Å². The van der Waals surface area contributed by atoms with E-state index >= 15 is 0 Å². The van der Waals surface area contributed by atoms with Crippen LogP contribution in [0.5, 0.6) is 5.75 Å². The molecule has 3 nitrogen and oxygen atoms in total. The SMILES string of the molecule is COc1cc[c]c(N2CCOCC2)c1. The number of nitrogens with zero attached hydrogens (tertiary/aromatic N) is 1. The van der Waals surface area contributed by atoms with E-state index in [9.17, 15) is 0 Å². The van der Waals surface area contributed by atoms with Crippen molar-refractivity contribution < 1.29 is 9.47 Å². The second kappa shape index (κ2) is 4.33. The van der Waals surface area contributed by atoms with Crippen LogP contribution in [-0.2, 0) is 4.74 Å². The fourth-order valence-electron chi connectivity index (χ4n) is 1.55. The lowest BCUT2D eigenvalue weighted by molar-refractivity contribution is 0.122. The number of hydrogen-bond acceptors (Lipinski definition) is 3. The Morgan fingerprint density at radius 3 is 2.93 bits per heavy atom. The maximum atomic E-state index is 5.29. The Hall–Kier alpha value is -1.22. The Morgan fingerprint density at radius 2 is 2.21 bits per heavy atom. The van der Waals surface area contributed by atoms with Crippen LogP contribution < -0.4 is 9.64 Å². The summed E-state index contributed by atoms with van der Waals surface area (Å²) in [7, 11) is 1.68. The molecule has 0 unspecified atom stereocenters. The minimum absolute atomic E-state index is 0.797. The van der Waals surface area contributed by atoms with Crippen molar-refractivity contribution in [1.29, 1.82) is 0 Å². The van der Waals surface area contributed by atoms with Crippen LogP contribution in [0.2, 0.25) is 0 Å². The van der Waals surface area contributed by atoms with Gasteiger partial charge in [0.25, 0.3) is 0 Å². The fraction of sp³-hybridized carbons (Fsp3) is 0.455. The van der Waals surface area contributed by atoms with Gasteiger partial charge in [0, 0.05) is 30.9 Å². The van der Waals surface area contributed by atoms with Gasteiger partial charge in [0.15, 0.2) is 0 Å². The highest BCUT2D eigenvalue weighted by atomic mass is 16.5. The highest BCUT2D eigenvalue weighted by molar-refractivity contribution is 5.49. The molecular weight excluding hydrogens is 178 g/mol. The average molecular weight is 192 g/mol. The molecule has 75 valence electrons. The Bertz CT molecular complexity index is 295. The Kier molecular flexibility index (Phi) is 2.89. The van der Waals surface area contributed by atoms with Crippen LogP contribution in [0.1, 0.15) is 0 Å². The molecule has 1 aliphatic rings. The summed E-state index contributed by atoms with van der Waals surface area (Å²) < 4.78 is 10.5. The van der Waals surface area contributed by atoms with Crippen LogP contribution in [0.3, 0.4) is 0 Å². The molecule has 0 atom stereocenters. The molecule has 0 saturated carbocycles. The Labute approximate surface area is 84.2 Å². The third kappa shape index (κ3) is 1.99. The molecule has 0 spiro atoms. The van der Waals surface area contributed by atoms with Crippen molar-refractivity contribution in [2.45, 2.75) is 0 Å². The Balaban J connectivity index is 2.13. The predicted molar refractivity (Wildman–Crippen MR) is 54.9 cm³/mol. The first-order chi connectivity index (χ1) is 6.90. The molecule has 0 aliphatic carbocycles. The molecule has 1 aromatic rings. The van der Waals surface area contributed by atoms with Gasteiger partial charge in [-0.1, -0.05) is 0 Å². The lowest BCUT2D eigenvalue weighted by Crippen LogP contribution is -2.36. The monoisotopic (exact) mass is 192 g/mol. The normalized spacial score (nSPS) is 16.8. The Morgan fingerprint density at radius 1 is 1.43 bits per heavy atom. The smallest absolute Gasteiger partial charge is 0.120 e. The van der Waals surface area contributed by atoms with Crippen molar-refractivity contribution in [3.63, 3.8) is 0 Å². The summed E-state index contributed by atoms with van der Waals surface area (Å²) in [5, 5.41) is 0. The summed E-state index contributed by atoms with van der Waals surface area (Å²) in [6.45, 7) is 3.46. The van der Waals surface area contributed by atoms with Crippen molar-refractivity contribution in [3.8, 4) is 5.75 Å². The lowest BCUT2D eigenvalue weighted by Gasteiger charge is -2.28. The van der Waals surface area contributed by atoms with Gasteiger partial charge in [-0.3, -0.25) is 0 Å². The van der Waals surface area contributed by atoms with E-state index in [1.54, 1.807) is 7.11 Å². The fourth-order valence-corrected chi connectivity index (χ4v) is 1.55. The first-order valence-electron chi connectivity index (χ1n) is 4.78. The van der Waals surface area contributed by atoms with Gasteiger partial charge in [-0.2, -0.15) is 0 Å². The van der Waals surface area contributed by atoms with E-state index in [-0.39, 0.29) is 0 Å². The van der Waals surface area contributed by atoms with Crippen LogP contribution in [-0.4, -0.2) is 33.4 Å². The van der Waals surface area contributed by atoms with Crippen LogP contribution in [0.4, 0.5) is 5.69 Å². The van der Waals surface area contributed by atoms with E-state index < -0.39 is 0 Å². The molecule has 0 aromatic heterocycles. The van der Waals surface area contributed by atoms with Crippen LogP contribution in [0.15, 0.2) is 18.2 Å². The first kappa shape index (κ1) is 9.34. The van der Waals surface area contributed by atoms with Crippen LogP contribution in [0, 0.1) is 6.07 Å². The number of rotatable bonds is 2. The van der Waals surface area contributed by atoms with Gasteiger partial charge < -0.3 is 14.4 Å². The third-order valence-electron chi connectivity index (χ3n) is 2.35. The molecule has 1 saturated heterocycles. The van der Waals surface area contributed by atoms with Gasteiger partial charge in [0.1, 0.15) is 5.75 Å². The zero-order chi connectivity index (χ0) is 9.80. The first-order valence-corrected chi connectivity index (χ1v) is 4.78. The number of benzene rings is 1. The van der Waals surface area contributed by atoms with E-state index in [1.165, 1.54) is 0 Å². The molecule has 0 amide bonds. The summed E-state index contributed by atoms with van der Waals surface area (Å²) in [4.78, 5) is 2.26. The molecule has 1 radical (unpaired) electrons. The van der Waals surface area contributed by atoms with Crippen molar-refractivity contribution >= 4 is 5.69 Å². The third-order valence-corrected chi connectivity index (χ3v) is 2.35. The molecule has 14 heavy (non-hydrogen) atoms. The molecule has 1 fully saturated rings. The van der Waals surface area contributed by atoms with E-state index in [0.29, 0.717) is 0 Å². The second-order valence-corrected chi connectivity index (χ2v) is 3.21. The van der Waals surface area contributed by atoms with Gasteiger partial charge in [-0.05, 0) is 12.1 Å². The topological polar surface area (TPSA) is 21.7 Å². The van der Waals surface area contributed by atoms with E-state index in [2.05, 4.69) is 11.0 Å². The number of hydrogen-bond donors (Lipinski definition) is 0. The minimum Gasteiger partial charge on any atom is -0.497 e. The minimum atomic E-state index is 0.797. The van der Waals surface area contributed by atoms with Gasteiger partial charge in [0.2, 0.25) is 0 Å². The highest BCUT2D eigenvalue weighted by Crippen LogP contribution is 2.20. The van der Waals surface area contributed by atoms with Crippen LogP contribution in [0.25, 0.3) is 0 Å². The average Bonchev–Trinajstić information content (AvgIpc) is 2.30. The molecule has 2 rings (SSSR count). The number of methoxy groups -OCH3 is 1. The van der Waals surface area contributed by atoms with Gasteiger partial charge in [0.05, 0.1) is 20.3 Å². The van der Waals surface area contributed by atoms with E-state index in [0.717, 1.165) is 37.7 Å². The molecular formula is C11H14NO2. The van der Waals surface area contributed by atoms with Crippen LogP contribution >= 0.6 is 0 Å². The summed E-state index contributed by atoms with van der Waals surface area (Å²) in [5.41, 5.74) is 1.09. The molecule has 1 heterocycles. The largest absolute Gasteiger partial charge is 0.497 e. The molecule has 3 heteroatoms. The second-order valence-electron chi connectivity index (χ2n) is 3.21. The number of anilines is 1. The summed E-state index contributed by atoms with van der Waals surface area (Å²) in [6, 6.07) is 9.01. The van der Waals surface area contributed by atoms with E-state index in [1.807, 2.05) is 18.2 Å². The maximum Gasteiger partial charge on any atom is 0.120 e. The number of ether oxygens (including phenoxy) is 2.